The number of rotatable bonds is 4. The highest BCUT2D eigenvalue weighted by atomic mass is 16.5. The van der Waals surface area contributed by atoms with Crippen LogP contribution in [0, 0.1) is 0 Å². The molecule has 0 saturated carbocycles. The summed E-state index contributed by atoms with van der Waals surface area (Å²) in [6.07, 6.45) is 3.46. The van der Waals surface area contributed by atoms with Crippen LogP contribution in [0.25, 0.3) is 0 Å². The van der Waals surface area contributed by atoms with Crippen molar-refractivity contribution in [3.05, 3.63) is 29.6 Å². The average Bonchev–Trinajstić information content (AvgIpc) is 2.49. The molecule has 0 atom stereocenters. The molecule has 0 bridgehead atoms. The van der Waals surface area contributed by atoms with Crippen molar-refractivity contribution >= 4 is 11.9 Å². The first kappa shape index (κ1) is 15.4. The van der Waals surface area contributed by atoms with E-state index in [0.717, 1.165) is 38.2 Å². The summed E-state index contributed by atoms with van der Waals surface area (Å²) in [6.45, 7) is 4.18. The van der Waals surface area contributed by atoms with Gasteiger partial charge >= 0.3 is 5.97 Å². The Morgan fingerprint density at radius 3 is 2.62 bits per heavy atom. The van der Waals surface area contributed by atoms with Gasteiger partial charge in [-0.25, -0.2) is 4.79 Å². The summed E-state index contributed by atoms with van der Waals surface area (Å²) in [6, 6.07) is 3.87. The van der Waals surface area contributed by atoms with Crippen LogP contribution < -0.4 is 5.32 Å². The number of nitrogens with one attached hydrogen (secondary N) is 1. The van der Waals surface area contributed by atoms with Crippen molar-refractivity contribution in [2.24, 2.45) is 0 Å². The molecule has 1 aromatic rings. The van der Waals surface area contributed by atoms with Crippen LogP contribution in [0.1, 0.15) is 35.8 Å². The molecule has 0 aliphatic carbocycles. The normalized spacial score (nSPS) is 16.5. The van der Waals surface area contributed by atoms with Gasteiger partial charge in [0, 0.05) is 38.8 Å². The molecule has 1 aromatic heterocycles. The topological polar surface area (TPSA) is 71.5 Å². The molecule has 0 radical (unpaired) electrons. The summed E-state index contributed by atoms with van der Waals surface area (Å²) in [5.41, 5.74) is 1.39. The third kappa shape index (κ3) is 4.53. The van der Waals surface area contributed by atoms with Crippen LogP contribution in [-0.2, 0) is 16.1 Å². The number of ether oxygens (including phenoxy) is 1. The first-order valence-corrected chi connectivity index (χ1v) is 7.11. The van der Waals surface area contributed by atoms with E-state index < -0.39 is 0 Å². The maximum atomic E-state index is 11.3. The largest absolute Gasteiger partial charge is 0.465 e. The van der Waals surface area contributed by atoms with Crippen LogP contribution >= 0.6 is 0 Å². The van der Waals surface area contributed by atoms with Crippen molar-refractivity contribution in [2.75, 3.05) is 20.2 Å². The minimum Gasteiger partial charge on any atom is -0.465 e. The molecule has 114 valence electrons. The summed E-state index contributed by atoms with van der Waals surface area (Å²) in [5, 5.41) is 2.96. The van der Waals surface area contributed by atoms with Gasteiger partial charge in [-0.3, -0.25) is 14.7 Å². The van der Waals surface area contributed by atoms with Gasteiger partial charge in [0.05, 0.1) is 18.4 Å². The van der Waals surface area contributed by atoms with Crippen molar-refractivity contribution in [3.8, 4) is 0 Å². The fourth-order valence-corrected chi connectivity index (χ4v) is 2.51. The Morgan fingerprint density at radius 2 is 2.10 bits per heavy atom. The number of carbonyl (C=O) groups excluding carboxylic acids is 2. The first-order chi connectivity index (χ1) is 10.1. The van der Waals surface area contributed by atoms with Gasteiger partial charge in [0.2, 0.25) is 5.91 Å². The highest BCUT2D eigenvalue weighted by Gasteiger charge is 2.20. The van der Waals surface area contributed by atoms with E-state index >= 15 is 0 Å². The standard InChI is InChI=1S/C15H21N3O3/c1-11(19)17-13-5-7-18(8-6-13)10-14-4-3-12(9-16-14)15(20)21-2/h3-4,9,13H,5-8,10H2,1-2H3,(H,17,19). The van der Waals surface area contributed by atoms with Crippen molar-refractivity contribution in [3.63, 3.8) is 0 Å². The minimum atomic E-state index is -0.370. The molecule has 0 aromatic carbocycles. The van der Waals surface area contributed by atoms with Crippen LogP contribution in [-0.4, -0.2) is 48.0 Å². The smallest absolute Gasteiger partial charge is 0.339 e. The van der Waals surface area contributed by atoms with E-state index in [4.69, 9.17) is 0 Å². The second-order valence-electron chi connectivity index (χ2n) is 5.28. The highest BCUT2D eigenvalue weighted by Crippen LogP contribution is 2.13. The third-order valence-electron chi connectivity index (χ3n) is 3.63. The molecular weight excluding hydrogens is 270 g/mol. The maximum Gasteiger partial charge on any atom is 0.339 e. The van der Waals surface area contributed by atoms with Gasteiger partial charge in [-0.05, 0) is 25.0 Å². The van der Waals surface area contributed by atoms with E-state index in [2.05, 4.69) is 19.9 Å². The summed E-state index contributed by atoms with van der Waals surface area (Å²) in [4.78, 5) is 29.0. The number of likely N-dealkylation sites (tertiary alicyclic amines) is 1. The SMILES string of the molecule is COC(=O)c1ccc(CN2CCC(NC(C)=O)CC2)nc1. The van der Waals surface area contributed by atoms with Crippen molar-refractivity contribution < 1.29 is 14.3 Å². The van der Waals surface area contributed by atoms with Crippen LogP contribution in [0.5, 0.6) is 0 Å². The Kier molecular flexibility index (Phi) is 5.27. The minimum absolute atomic E-state index is 0.0357. The number of methoxy groups -OCH3 is 1. The molecule has 6 nitrogen and oxygen atoms in total. The van der Waals surface area contributed by atoms with E-state index in [1.165, 1.54) is 7.11 Å². The first-order valence-electron chi connectivity index (χ1n) is 7.11. The Labute approximate surface area is 124 Å². The molecule has 6 heteroatoms. The van der Waals surface area contributed by atoms with Crippen LogP contribution in [0.3, 0.4) is 0 Å². The molecular formula is C15H21N3O3. The van der Waals surface area contributed by atoms with Gasteiger partial charge in [-0.1, -0.05) is 0 Å². The lowest BCUT2D eigenvalue weighted by Gasteiger charge is -2.31. The predicted octanol–water partition coefficient (Wildman–Crippen LogP) is 0.969. The number of hydrogen-bond acceptors (Lipinski definition) is 5. The fourth-order valence-electron chi connectivity index (χ4n) is 2.51. The van der Waals surface area contributed by atoms with Gasteiger partial charge in [0.15, 0.2) is 0 Å². The van der Waals surface area contributed by atoms with Gasteiger partial charge < -0.3 is 10.1 Å². The number of esters is 1. The molecule has 2 heterocycles. The van der Waals surface area contributed by atoms with Crippen molar-refractivity contribution in [2.45, 2.75) is 32.4 Å². The van der Waals surface area contributed by atoms with Crippen molar-refractivity contribution in [1.29, 1.82) is 0 Å². The number of hydrogen-bond donors (Lipinski definition) is 1. The maximum absolute atomic E-state index is 11.3. The van der Waals surface area contributed by atoms with Gasteiger partial charge in [0.1, 0.15) is 0 Å². The summed E-state index contributed by atoms with van der Waals surface area (Å²) in [5.74, 6) is -0.335. The zero-order valence-corrected chi connectivity index (χ0v) is 12.5. The number of amides is 1. The van der Waals surface area contributed by atoms with E-state index in [9.17, 15) is 9.59 Å². The van der Waals surface area contributed by atoms with Gasteiger partial charge in [-0.15, -0.1) is 0 Å². The number of nitrogens with zero attached hydrogens (tertiary/aromatic N) is 2. The van der Waals surface area contributed by atoms with Crippen LogP contribution in [0.2, 0.25) is 0 Å². The average molecular weight is 291 g/mol. The predicted molar refractivity (Wildman–Crippen MR) is 77.7 cm³/mol. The van der Waals surface area contributed by atoms with E-state index in [1.807, 2.05) is 6.07 Å². The molecule has 0 spiro atoms. The summed E-state index contributed by atoms with van der Waals surface area (Å²) < 4.78 is 4.65. The number of piperidine rings is 1. The van der Waals surface area contributed by atoms with Gasteiger partial charge in [-0.2, -0.15) is 0 Å². The Morgan fingerprint density at radius 1 is 1.38 bits per heavy atom. The molecule has 2 rings (SSSR count). The van der Waals surface area contributed by atoms with E-state index in [0.29, 0.717) is 5.56 Å². The van der Waals surface area contributed by atoms with Gasteiger partial charge in [0.25, 0.3) is 0 Å². The third-order valence-corrected chi connectivity index (χ3v) is 3.63. The lowest BCUT2D eigenvalue weighted by molar-refractivity contribution is -0.120. The highest BCUT2D eigenvalue weighted by molar-refractivity contribution is 5.88. The lowest BCUT2D eigenvalue weighted by Crippen LogP contribution is -2.43. The van der Waals surface area contributed by atoms with E-state index in [1.54, 1.807) is 19.2 Å². The second-order valence-corrected chi connectivity index (χ2v) is 5.28. The fraction of sp³-hybridized carbons (Fsp3) is 0.533. The van der Waals surface area contributed by atoms with Crippen molar-refractivity contribution in [1.82, 2.24) is 15.2 Å². The molecule has 0 unspecified atom stereocenters. The molecule has 1 aliphatic rings. The Bertz CT molecular complexity index is 493. The number of pyridine rings is 1. The monoisotopic (exact) mass is 291 g/mol. The number of carbonyl (C=O) groups is 2. The van der Waals surface area contributed by atoms with Crippen LogP contribution in [0.15, 0.2) is 18.3 Å². The molecule has 1 amide bonds. The second kappa shape index (κ2) is 7.17. The number of aromatic nitrogens is 1. The van der Waals surface area contributed by atoms with Crippen LogP contribution in [0.4, 0.5) is 0 Å². The Balaban J connectivity index is 1.83. The molecule has 1 aliphatic heterocycles. The lowest BCUT2D eigenvalue weighted by atomic mass is 10.0. The summed E-state index contributed by atoms with van der Waals surface area (Å²) >= 11 is 0. The quantitative estimate of drug-likeness (QED) is 0.837. The molecule has 1 N–H and O–H groups in total. The summed E-state index contributed by atoms with van der Waals surface area (Å²) in [7, 11) is 1.36. The molecule has 21 heavy (non-hydrogen) atoms. The zero-order chi connectivity index (χ0) is 15.2. The molecule has 1 fully saturated rings. The Hall–Kier alpha value is -1.95. The molecule has 1 saturated heterocycles. The van der Waals surface area contributed by atoms with E-state index in [-0.39, 0.29) is 17.9 Å². The zero-order valence-electron chi connectivity index (χ0n) is 12.5.